The van der Waals surface area contributed by atoms with Gasteiger partial charge in [0, 0.05) is 18.7 Å². The van der Waals surface area contributed by atoms with Gasteiger partial charge in [-0.15, -0.1) is 6.58 Å². The highest BCUT2D eigenvalue weighted by atomic mass is 32.2. The van der Waals surface area contributed by atoms with Crippen LogP contribution in [0, 0.1) is 0 Å². The molecule has 1 aliphatic heterocycles. The number of carbonyl (C=O) groups excluding carboxylic acids is 1. The van der Waals surface area contributed by atoms with E-state index in [9.17, 15) is 13.2 Å². The van der Waals surface area contributed by atoms with E-state index in [1.807, 2.05) is 12.1 Å². The van der Waals surface area contributed by atoms with Crippen molar-refractivity contribution in [3.63, 3.8) is 0 Å². The molecule has 1 amide bonds. The highest BCUT2D eigenvalue weighted by molar-refractivity contribution is 7.89. The molecule has 8 heteroatoms. The molecule has 2 N–H and O–H groups in total. The Kier molecular flexibility index (Phi) is 6.66. The van der Waals surface area contributed by atoms with Gasteiger partial charge < -0.3 is 9.73 Å². The molecule has 1 atom stereocenters. The summed E-state index contributed by atoms with van der Waals surface area (Å²) in [6, 6.07) is 9.69. The molecule has 0 spiro atoms. The number of carbonyl (C=O) groups is 1. The third-order valence-corrected chi connectivity index (χ3v) is 6.15. The van der Waals surface area contributed by atoms with E-state index in [1.54, 1.807) is 18.4 Å². The van der Waals surface area contributed by atoms with Crippen LogP contribution in [0.1, 0.15) is 35.0 Å². The minimum Gasteiger partial charge on any atom is -0.468 e. The number of benzene rings is 1. The summed E-state index contributed by atoms with van der Waals surface area (Å²) in [7, 11) is -3.68. The van der Waals surface area contributed by atoms with Gasteiger partial charge in [0.25, 0.3) is 5.91 Å². The van der Waals surface area contributed by atoms with Gasteiger partial charge in [0.15, 0.2) is 0 Å². The van der Waals surface area contributed by atoms with Gasteiger partial charge in [-0.05, 0) is 56.3 Å². The third kappa shape index (κ3) is 4.89. The molecule has 7 nitrogen and oxygen atoms in total. The second-order valence-corrected chi connectivity index (χ2v) is 8.42. The summed E-state index contributed by atoms with van der Waals surface area (Å²) in [6.07, 6.45) is 5.34. The lowest BCUT2D eigenvalue weighted by atomic mass is 10.1. The van der Waals surface area contributed by atoms with E-state index < -0.39 is 10.0 Å². The predicted octanol–water partition coefficient (Wildman–Crippen LogP) is 2.31. The molecule has 2 heterocycles. The summed E-state index contributed by atoms with van der Waals surface area (Å²) in [5.74, 6) is 0.490. The van der Waals surface area contributed by atoms with Crippen LogP contribution in [0.4, 0.5) is 0 Å². The highest BCUT2D eigenvalue weighted by Crippen LogP contribution is 2.25. The fourth-order valence-electron chi connectivity index (χ4n) is 3.29. The van der Waals surface area contributed by atoms with E-state index in [0.29, 0.717) is 12.1 Å². The molecule has 1 aromatic carbocycles. The monoisotopic (exact) mass is 403 g/mol. The molecular formula is C20H25N3O4S. The van der Waals surface area contributed by atoms with Gasteiger partial charge in [-0.1, -0.05) is 12.1 Å². The molecule has 3 rings (SSSR count). The fourth-order valence-corrected chi connectivity index (χ4v) is 4.34. The highest BCUT2D eigenvalue weighted by Gasteiger charge is 2.26. The first-order chi connectivity index (χ1) is 13.5. The van der Waals surface area contributed by atoms with E-state index in [4.69, 9.17) is 4.42 Å². The van der Waals surface area contributed by atoms with Crippen molar-refractivity contribution in [3.8, 4) is 0 Å². The molecule has 150 valence electrons. The largest absolute Gasteiger partial charge is 0.468 e. The SMILES string of the molecule is C=CCNS(=O)(=O)c1cccc(C(=O)NCC(c2ccco2)N2CCCC2)c1. The first-order valence-electron chi connectivity index (χ1n) is 9.27. The topological polar surface area (TPSA) is 91.6 Å². The zero-order valence-corrected chi connectivity index (χ0v) is 16.5. The normalized spacial score (nSPS) is 16.0. The van der Waals surface area contributed by atoms with E-state index in [0.717, 1.165) is 31.7 Å². The number of furan rings is 1. The van der Waals surface area contributed by atoms with Crippen LogP contribution < -0.4 is 10.0 Å². The number of hydrogen-bond donors (Lipinski definition) is 2. The second kappa shape index (κ2) is 9.18. The molecule has 1 saturated heterocycles. The van der Waals surface area contributed by atoms with E-state index in [-0.39, 0.29) is 23.4 Å². The van der Waals surface area contributed by atoms with Gasteiger partial charge in [-0.25, -0.2) is 13.1 Å². The average molecular weight is 404 g/mol. The Balaban J connectivity index is 1.70. The van der Waals surface area contributed by atoms with Crippen molar-refractivity contribution in [1.82, 2.24) is 14.9 Å². The predicted molar refractivity (Wildman–Crippen MR) is 106 cm³/mol. The third-order valence-electron chi connectivity index (χ3n) is 4.73. The van der Waals surface area contributed by atoms with Crippen molar-refractivity contribution in [3.05, 3.63) is 66.6 Å². The number of nitrogens with zero attached hydrogens (tertiary/aromatic N) is 1. The van der Waals surface area contributed by atoms with Crippen LogP contribution in [0.5, 0.6) is 0 Å². The average Bonchev–Trinajstić information content (AvgIpc) is 3.41. The smallest absolute Gasteiger partial charge is 0.251 e. The van der Waals surface area contributed by atoms with Crippen LogP contribution >= 0.6 is 0 Å². The van der Waals surface area contributed by atoms with Crippen LogP contribution in [0.25, 0.3) is 0 Å². The zero-order valence-electron chi connectivity index (χ0n) is 15.6. The lowest BCUT2D eigenvalue weighted by molar-refractivity contribution is 0.0933. The quantitative estimate of drug-likeness (QED) is 0.627. The van der Waals surface area contributed by atoms with Crippen LogP contribution in [0.2, 0.25) is 0 Å². The first-order valence-corrected chi connectivity index (χ1v) is 10.8. The van der Waals surface area contributed by atoms with Gasteiger partial charge in [0.2, 0.25) is 10.0 Å². The van der Waals surface area contributed by atoms with Crippen LogP contribution in [0.15, 0.2) is 64.6 Å². The molecular weight excluding hydrogens is 378 g/mol. The Morgan fingerprint density at radius 1 is 1.25 bits per heavy atom. The van der Waals surface area contributed by atoms with Gasteiger partial charge >= 0.3 is 0 Å². The van der Waals surface area contributed by atoms with Gasteiger partial charge in [0.1, 0.15) is 5.76 Å². The van der Waals surface area contributed by atoms with Crippen molar-refractivity contribution in [2.75, 3.05) is 26.2 Å². The fraction of sp³-hybridized carbons (Fsp3) is 0.350. The van der Waals surface area contributed by atoms with Crippen molar-refractivity contribution >= 4 is 15.9 Å². The van der Waals surface area contributed by atoms with Gasteiger partial charge in [0.05, 0.1) is 17.2 Å². The van der Waals surface area contributed by atoms with E-state index in [2.05, 4.69) is 21.5 Å². The summed E-state index contributed by atoms with van der Waals surface area (Å²) in [5.41, 5.74) is 0.293. The second-order valence-electron chi connectivity index (χ2n) is 6.65. The maximum absolute atomic E-state index is 12.6. The molecule has 1 unspecified atom stereocenters. The van der Waals surface area contributed by atoms with E-state index >= 15 is 0 Å². The van der Waals surface area contributed by atoms with E-state index in [1.165, 1.54) is 18.2 Å². The Bertz CT molecular complexity index is 903. The summed E-state index contributed by atoms with van der Waals surface area (Å²) in [6.45, 7) is 5.93. The Hall–Kier alpha value is -2.42. The number of nitrogens with one attached hydrogen (secondary N) is 2. The number of amides is 1. The molecule has 0 aliphatic carbocycles. The first kappa shape index (κ1) is 20.3. The molecule has 0 radical (unpaired) electrons. The Morgan fingerprint density at radius 3 is 2.71 bits per heavy atom. The van der Waals surface area contributed by atoms with Crippen molar-refractivity contribution in [2.24, 2.45) is 0 Å². The lowest BCUT2D eigenvalue weighted by Gasteiger charge is -2.26. The minimum atomic E-state index is -3.68. The number of likely N-dealkylation sites (tertiary alicyclic amines) is 1. The lowest BCUT2D eigenvalue weighted by Crippen LogP contribution is -2.36. The molecule has 0 bridgehead atoms. The summed E-state index contributed by atoms with van der Waals surface area (Å²) in [4.78, 5) is 15.0. The Labute approximate surface area is 165 Å². The van der Waals surface area contributed by atoms with Crippen LogP contribution in [-0.2, 0) is 10.0 Å². The minimum absolute atomic E-state index is 0.0392. The molecule has 1 aliphatic rings. The molecule has 0 saturated carbocycles. The number of sulfonamides is 1. The van der Waals surface area contributed by atoms with Crippen LogP contribution in [0.3, 0.4) is 0 Å². The van der Waals surface area contributed by atoms with Gasteiger partial charge in [-0.2, -0.15) is 0 Å². The molecule has 1 aromatic heterocycles. The summed E-state index contributed by atoms with van der Waals surface area (Å²) < 4.78 is 32.5. The maximum atomic E-state index is 12.6. The zero-order chi connectivity index (χ0) is 20.0. The van der Waals surface area contributed by atoms with Crippen molar-refractivity contribution in [1.29, 1.82) is 0 Å². The van der Waals surface area contributed by atoms with Crippen LogP contribution in [-0.4, -0.2) is 45.4 Å². The Morgan fingerprint density at radius 2 is 2.04 bits per heavy atom. The summed E-state index contributed by atoms with van der Waals surface area (Å²) >= 11 is 0. The molecule has 2 aromatic rings. The maximum Gasteiger partial charge on any atom is 0.251 e. The molecule has 28 heavy (non-hydrogen) atoms. The molecule has 1 fully saturated rings. The van der Waals surface area contributed by atoms with Gasteiger partial charge in [-0.3, -0.25) is 9.69 Å². The van der Waals surface area contributed by atoms with Crippen molar-refractivity contribution < 1.29 is 17.6 Å². The summed E-state index contributed by atoms with van der Waals surface area (Å²) in [5, 5.41) is 2.91. The standard InChI is InChI=1S/C20H25N3O4S/c1-2-10-22-28(25,26)17-8-5-7-16(14-17)20(24)21-15-18(19-9-6-13-27-19)23-11-3-4-12-23/h2,5-9,13-14,18,22H,1,3-4,10-12,15H2,(H,21,24). The number of hydrogen-bond acceptors (Lipinski definition) is 5. The van der Waals surface area contributed by atoms with Crippen molar-refractivity contribution in [2.45, 2.75) is 23.8 Å². The number of rotatable bonds is 9.